The van der Waals surface area contributed by atoms with Gasteiger partial charge in [0.05, 0.1) is 12.6 Å². The SMILES string of the molecule is CCN(CC(=O)O)C1CCN(C(C)C(=O)Nc2ccc(Cl)cc2)CC1. The van der Waals surface area contributed by atoms with Crippen LogP contribution in [0.25, 0.3) is 0 Å². The Hall–Kier alpha value is -1.63. The standard InChI is InChI=1S/C18H26ClN3O3/c1-3-21(12-17(23)24)16-8-10-22(11-9-16)13(2)18(25)20-15-6-4-14(19)5-7-15/h4-7,13,16H,3,8-12H2,1-2H3,(H,20,25)(H,23,24). The molecule has 2 N–H and O–H groups in total. The summed E-state index contributed by atoms with van der Waals surface area (Å²) < 4.78 is 0. The zero-order chi connectivity index (χ0) is 18.4. The number of nitrogens with one attached hydrogen (secondary N) is 1. The number of nitrogens with zero attached hydrogens (tertiary/aromatic N) is 2. The van der Waals surface area contributed by atoms with Crippen LogP contribution in [-0.2, 0) is 9.59 Å². The van der Waals surface area contributed by atoms with E-state index in [0.717, 1.165) is 38.2 Å². The van der Waals surface area contributed by atoms with Crippen LogP contribution in [-0.4, -0.2) is 65.0 Å². The van der Waals surface area contributed by atoms with Gasteiger partial charge in [0.2, 0.25) is 5.91 Å². The van der Waals surface area contributed by atoms with E-state index in [0.29, 0.717) is 5.02 Å². The summed E-state index contributed by atoms with van der Waals surface area (Å²) in [5.41, 5.74) is 0.731. The number of halogens is 1. The fourth-order valence-electron chi connectivity index (χ4n) is 3.26. The van der Waals surface area contributed by atoms with E-state index in [1.807, 2.05) is 18.7 Å². The van der Waals surface area contributed by atoms with Crippen molar-refractivity contribution in [2.75, 3.05) is 31.5 Å². The van der Waals surface area contributed by atoms with Crippen molar-refractivity contribution in [2.45, 2.75) is 38.8 Å². The molecular formula is C18H26ClN3O3. The highest BCUT2D eigenvalue weighted by Crippen LogP contribution is 2.19. The number of hydrogen-bond donors (Lipinski definition) is 2. The van der Waals surface area contributed by atoms with Crippen molar-refractivity contribution in [1.82, 2.24) is 9.80 Å². The Bertz CT molecular complexity index is 586. The Labute approximate surface area is 153 Å². The first-order chi connectivity index (χ1) is 11.9. The van der Waals surface area contributed by atoms with Gasteiger partial charge in [-0.3, -0.25) is 19.4 Å². The van der Waals surface area contributed by atoms with Crippen molar-refractivity contribution in [3.63, 3.8) is 0 Å². The average molecular weight is 368 g/mol. The molecule has 1 amide bonds. The van der Waals surface area contributed by atoms with Gasteiger partial charge in [0.15, 0.2) is 0 Å². The van der Waals surface area contributed by atoms with Crippen LogP contribution in [0.4, 0.5) is 5.69 Å². The van der Waals surface area contributed by atoms with Gasteiger partial charge in [-0.1, -0.05) is 18.5 Å². The molecule has 1 heterocycles. The van der Waals surface area contributed by atoms with Crippen LogP contribution in [0.3, 0.4) is 0 Å². The quantitative estimate of drug-likeness (QED) is 0.774. The molecule has 2 rings (SSSR count). The lowest BCUT2D eigenvalue weighted by Gasteiger charge is -2.39. The molecule has 7 heteroatoms. The van der Waals surface area contributed by atoms with Crippen LogP contribution in [0.2, 0.25) is 5.02 Å². The van der Waals surface area contributed by atoms with E-state index in [1.54, 1.807) is 24.3 Å². The summed E-state index contributed by atoms with van der Waals surface area (Å²) >= 11 is 5.85. The Balaban J connectivity index is 1.85. The van der Waals surface area contributed by atoms with Crippen LogP contribution >= 0.6 is 11.6 Å². The van der Waals surface area contributed by atoms with E-state index in [1.165, 1.54) is 0 Å². The molecule has 138 valence electrons. The molecule has 1 aromatic rings. The molecule has 1 fully saturated rings. The summed E-state index contributed by atoms with van der Waals surface area (Å²) in [7, 11) is 0. The van der Waals surface area contributed by atoms with Gasteiger partial charge in [0, 0.05) is 29.8 Å². The number of likely N-dealkylation sites (N-methyl/N-ethyl adjacent to an activating group) is 1. The molecule has 0 spiro atoms. The zero-order valence-electron chi connectivity index (χ0n) is 14.7. The molecule has 1 aliphatic heterocycles. The monoisotopic (exact) mass is 367 g/mol. The first-order valence-corrected chi connectivity index (χ1v) is 9.04. The number of anilines is 1. The summed E-state index contributed by atoms with van der Waals surface area (Å²) in [6, 6.07) is 7.09. The lowest BCUT2D eigenvalue weighted by Crippen LogP contribution is -2.51. The van der Waals surface area contributed by atoms with E-state index in [2.05, 4.69) is 10.2 Å². The Morgan fingerprint density at radius 3 is 2.44 bits per heavy atom. The second-order valence-corrected chi connectivity index (χ2v) is 6.83. The molecule has 1 saturated heterocycles. The second kappa shape index (κ2) is 9.17. The van der Waals surface area contributed by atoms with Gasteiger partial charge in [0.1, 0.15) is 0 Å². The number of carboxylic acid groups (broad SMARTS) is 1. The Kier molecular flexibility index (Phi) is 7.23. The molecule has 0 aromatic heterocycles. The number of carbonyl (C=O) groups excluding carboxylic acids is 1. The minimum Gasteiger partial charge on any atom is -0.480 e. The van der Waals surface area contributed by atoms with E-state index in [9.17, 15) is 9.59 Å². The minimum atomic E-state index is -0.792. The summed E-state index contributed by atoms with van der Waals surface area (Å²) in [6.07, 6.45) is 1.75. The van der Waals surface area contributed by atoms with Crippen molar-refractivity contribution < 1.29 is 14.7 Å². The number of aliphatic carboxylic acids is 1. The van der Waals surface area contributed by atoms with Gasteiger partial charge in [0.25, 0.3) is 0 Å². The van der Waals surface area contributed by atoms with Gasteiger partial charge in [-0.25, -0.2) is 0 Å². The predicted molar refractivity (Wildman–Crippen MR) is 99.0 cm³/mol. The predicted octanol–water partition coefficient (Wildman–Crippen LogP) is 2.54. The highest BCUT2D eigenvalue weighted by molar-refractivity contribution is 6.30. The largest absolute Gasteiger partial charge is 0.480 e. The van der Waals surface area contributed by atoms with Gasteiger partial charge < -0.3 is 10.4 Å². The number of likely N-dealkylation sites (tertiary alicyclic amines) is 1. The van der Waals surface area contributed by atoms with Crippen molar-refractivity contribution in [3.8, 4) is 0 Å². The number of rotatable bonds is 7. The average Bonchev–Trinajstić information content (AvgIpc) is 2.61. The molecule has 0 saturated carbocycles. The van der Waals surface area contributed by atoms with Gasteiger partial charge >= 0.3 is 5.97 Å². The number of carboxylic acids is 1. The summed E-state index contributed by atoms with van der Waals surface area (Å²) in [4.78, 5) is 27.5. The summed E-state index contributed by atoms with van der Waals surface area (Å²) in [5.74, 6) is -0.835. The molecule has 1 unspecified atom stereocenters. The van der Waals surface area contributed by atoms with E-state index >= 15 is 0 Å². The number of piperidine rings is 1. The minimum absolute atomic E-state index is 0.0429. The number of benzene rings is 1. The second-order valence-electron chi connectivity index (χ2n) is 6.40. The lowest BCUT2D eigenvalue weighted by atomic mass is 10.0. The molecule has 0 aliphatic carbocycles. The number of hydrogen-bond acceptors (Lipinski definition) is 4. The summed E-state index contributed by atoms with van der Waals surface area (Å²) in [6.45, 7) is 6.27. The summed E-state index contributed by atoms with van der Waals surface area (Å²) in [5, 5.41) is 12.5. The fraction of sp³-hybridized carbons (Fsp3) is 0.556. The first kappa shape index (κ1) is 19.7. The first-order valence-electron chi connectivity index (χ1n) is 8.67. The molecule has 0 bridgehead atoms. The van der Waals surface area contributed by atoms with Crippen molar-refractivity contribution in [3.05, 3.63) is 29.3 Å². The smallest absolute Gasteiger partial charge is 0.317 e. The zero-order valence-corrected chi connectivity index (χ0v) is 15.5. The number of carbonyl (C=O) groups is 2. The van der Waals surface area contributed by atoms with Crippen LogP contribution < -0.4 is 5.32 Å². The normalized spacial score (nSPS) is 17.4. The maximum atomic E-state index is 12.4. The molecule has 0 radical (unpaired) electrons. The third kappa shape index (κ3) is 5.70. The topological polar surface area (TPSA) is 72.9 Å². The van der Waals surface area contributed by atoms with Crippen LogP contribution in [0.15, 0.2) is 24.3 Å². The molecule has 6 nitrogen and oxygen atoms in total. The van der Waals surface area contributed by atoms with Crippen LogP contribution in [0.1, 0.15) is 26.7 Å². The highest BCUT2D eigenvalue weighted by atomic mass is 35.5. The Morgan fingerprint density at radius 1 is 1.32 bits per heavy atom. The lowest BCUT2D eigenvalue weighted by molar-refractivity contribution is -0.139. The molecule has 1 aliphatic rings. The number of amides is 1. The molecule has 1 atom stereocenters. The van der Waals surface area contributed by atoms with Crippen LogP contribution in [0, 0.1) is 0 Å². The highest BCUT2D eigenvalue weighted by Gasteiger charge is 2.29. The molecular weight excluding hydrogens is 342 g/mol. The van der Waals surface area contributed by atoms with Gasteiger partial charge in [-0.15, -0.1) is 0 Å². The van der Waals surface area contributed by atoms with Gasteiger partial charge in [-0.2, -0.15) is 0 Å². The third-order valence-corrected chi connectivity index (χ3v) is 5.05. The van der Waals surface area contributed by atoms with Crippen molar-refractivity contribution in [2.24, 2.45) is 0 Å². The maximum Gasteiger partial charge on any atom is 0.317 e. The van der Waals surface area contributed by atoms with E-state index < -0.39 is 5.97 Å². The fourth-order valence-corrected chi connectivity index (χ4v) is 3.38. The van der Waals surface area contributed by atoms with Crippen molar-refractivity contribution >= 4 is 29.2 Å². The van der Waals surface area contributed by atoms with E-state index in [-0.39, 0.29) is 24.5 Å². The third-order valence-electron chi connectivity index (χ3n) is 4.80. The Morgan fingerprint density at radius 2 is 1.92 bits per heavy atom. The maximum absolute atomic E-state index is 12.4. The van der Waals surface area contributed by atoms with Gasteiger partial charge in [-0.05, 0) is 50.6 Å². The van der Waals surface area contributed by atoms with Crippen LogP contribution in [0.5, 0.6) is 0 Å². The molecule has 1 aromatic carbocycles. The van der Waals surface area contributed by atoms with Crippen molar-refractivity contribution in [1.29, 1.82) is 0 Å². The molecule has 25 heavy (non-hydrogen) atoms. The van der Waals surface area contributed by atoms with E-state index in [4.69, 9.17) is 16.7 Å².